The fourth-order valence-corrected chi connectivity index (χ4v) is 5.72. The molecule has 2 aromatic carbocycles. The molecule has 44 heavy (non-hydrogen) atoms. The lowest BCUT2D eigenvalue weighted by atomic mass is 9.91. The van der Waals surface area contributed by atoms with Gasteiger partial charge in [0.15, 0.2) is 17.7 Å². The number of aromatic nitrogens is 1. The Balaban J connectivity index is 1.60. The van der Waals surface area contributed by atoms with Gasteiger partial charge in [0.2, 0.25) is 17.7 Å². The molecule has 2 N–H and O–H groups in total. The van der Waals surface area contributed by atoms with Crippen LogP contribution in [0.4, 0.5) is 29.1 Å². The summed E-state index contributed by atoms with van der Waals surface area (Å²) >= 11 is 0. The number of rotatable bonds is 8. The number of nitrogens with one attached hydrogen (secondary N) is 1. The van der Waals surface area contributed by atoms with Gasteiger partial charge in [0.05, 0.1) is 11.3 Å². The van der Waals surface area contributed by atoms with E-state index in [0.29, 0.717) is 16.3 Å². The summed E-state index contributed by atoms with van der Waals surface area (Å²) < 4.78 is 57.6. The summed E-state index contributed by atoms with van der Waals surface area (Å²) in [6.07, 6.45) is -1.07. The number of alkyl halides is 2. The van der Waals surface area contributed by atoms with E-state index in [1.165, 1.54) is 18.2 Å². The van der Waals surface area contributed by atoms with Crippen molar-refractivity contribution >= 4 is 23.3 Å². The number of carbonyl (C=O) groups is 2. The second-order valence-electron chi connectivity index (χ2n) is 10.9. The zero-order valence-corrected chi connectivity index (χ0v) is 23.8. The van der Waals surface area contributed by atoms with E-state index in [2.05, 4.69) is 10.3 Å². The molecule has 1 saturated carbocycles. The van der Waals surface area contributed by atoms with E-state index in [4.69, 9.17) is 0 Å². The van der Waals surface area contributed by atoms with E-state index in [9.17, 15) is 33.2 Å². The average Bonchev–Trinajstić information content (AvgIpc) is 3.38. The summed E-state index contributed by atoms with van der Waals surface area (Å²) in [5.41, 5.74) is 0.687. The zero-order chi connectivity index (χ0) is 31.6. The Morgan fingerprint density at radius 3 is 2.55 bits per heavy atom. The second kappa shape index (κ2) is 12.6. The highest BCUT2D eigenvalue weighted by molar-refractivity contribution is 5.95. The summed E-state index contributed by atoms with van der Waals surface area (Å²) in [6.45, 7) is 1.74. The van der Waals surface area contributed by atoms with Crippen molar-refractivity contribution in [2.24, 2.45) is 0 Å². The standard InChI is InChI=1S/C31H30F4N6O3/c1-19-5-2-3-8-24(19)28(30(43)38-22-11-14-31(34,35)15-12-22)40(23-7-4-6-21(32)17-23)41(44)25-9-10-26(42)39(25)29-27(33)20(18-36)13-16-37-29/h2-8,13,16-17,22,25,28,44H,9-12,14-15H2,1H3,(H,38,43)/t25?,28-/m0/s1. The molecule has 2 amide bonds. The molecule has 3 aromatic rings. The smallest absolute Gasteiger partial charge is 0.249 e. The number of halogens is 4. The minimum absolute atomic E-state index is 0.0181. The largest absolute Gasteiger partial charge is 0.351 e. The van der Waals surface area contributed by atoms with Crippen LogP contribution < -0.4 is 15.2 Å². The lowest BCUT2D eigenvalue weighted by Gasteiger charge is -2.43. The van der Waals surface area contributed by atoms with E-state index in [1.807, 2.05) is 0 Å². The number of aryl methyl sites for hydroxylation is 1. The summed E-state index contributed by atoms with van der Waals surface area (Å²) in [6, 6.07) is 12.8. The minimum atomic E-state index is -2.82. The van der Waals surface area contributed by atoms with Gasteiger partial charge in [-0.05, 0) is 61.6 Å². The minimum Gasteiger partial charge on any atom is -0.351 e. The summed E-state index contributed by atoms with van der Waals surface area (Å²) in [5, 5.41) is 25.7. The van der Waals surface area contributed by atoms with Crippen molar-refractivity contribution in [3.05, 3.63) is 89.1 Å². The van der Waals surface area contributed by atoms with Crippen LogP contribution in [-0.2, 0) is 9.59 Å². The number of hydrazine groups is 1. The number of anilines is 2. The Labute approximate surface area is 251 Å². The molecule has 0 spiro atoms. The molecule has 2 fully saturated rings. The maximum Gasteiger partial charge on any atom is 0.249 e. The predicted molar refractivity (Wildman–Crippen MR) is 151 cm³/mol. The van der Waals surface area contributed by atoms with Crippen molar-refractivity contribution in [1.29, 1.82) is 5.26 Å². The van der Waals surface area contributed by atoms with E-state index in [0.717, 1.165) is 28.2 Å². The molecule has 230 valence electrons. The van der Waals surface area contributed by atoms with Crippen molar-refractivity contribution in [2.45, 2.75) is 69.6 Å². The number of nitriles is 1. The molecule has 2 atom stereocenters. The Morgan fingerprint density at radius 1 is 1.14 bits per heavy atom. The summed E-state index contributed by atoms with van der Waals surface area (Å²) in [4.78, 5) is 32.1. The number of nitrogens with zero attached hydrogens (tertiary/aromatic N) is 5. The highest BCUT2D eigenvalue weighted by Gasteiger charge is 2.45. The molecule has 0 radical (unpaired) electrons. The average molecular weight is 611 g/mol. The van der Waals surface area contributed by atoms with Gasteiger partial charge in [0, 0.05) is 31.5 Å². The maximum absolute atomic E-state index is 15.3. The lowest BCUT2D eigenvalue weighted by molar-refractivity contribution is -0.152. The fourth-order valence-electron chi connectivity index (χ4n) is 5.72. The maximum atomic E-state index is 15.3. The normalized spacial score (nSPS) is 19.1. The van der Waals surface area contributed by atoms with E-state index >= 15 is 4.39 Å². The molecule has 9 nitrogen and oxygen atoms in total. The molecule has 1 aliphatic carbocycles. The van der Waals surface area contributed by atoms with Crippen LogP contribution in [0.15, 0.2) is 60.8 Å². The van der Waals surface area contributed by atoms with Gasteiger partial charge in [-0.25, -0.2) is 22.5 Å². The predicted octanol–water partition coefficient (Wildman–Crippen LogP) is 5.54. The number of amides is 2. The first-order chi connectivity index (χ1) is 21.0. The van der Waals surface area contributed by atoms with Crippen molar-refractivity contribution in [3.63, 3.8) is 0 Å². The Hall–Kier alpha value is -4.54. The molecule has 13 heteroatoms. The van der Waals surface area contributed by atoms with Crippen LogP contribution in [0.3, 0.4) is 0 Å². The third-order valence-corrected chi connectivity index (χ3v) is 8.00. The molecule has 1 saturated heterocycles. The highest BCUT2D eigenvalue weighted by atomic mass is 19.3. The van der Waals surface area contributed by atoms with Crippen LogP contribution in [-0.4, -0.2) is 45.3 Å². The number of carbonyl (C=O) groups excluding carboxylic acids is 2. The van der Waals surface area contributed by atoms with Gasteiger partial charge in [0.1, 0.15) is 18.1 Å². The Bertz CT molecular complexity index is 1590. The van der Waals surface area contributed by atoms with Gasteiger partial charge in [-0.3, -0.25) is 24.7 Å². The van der Waals surface area contributed by atoms with Gasteiger partial charge in [0.25, 0.3) is 0 Å². The number of hydrogen-bond acceptors (Lipinski definition) is 7. The van der Waals surface area contributed by atoms with Crippen molar-refractivity contribution in [3.8, 4) is 6.07 Å². The van der Waals surface area contributed by atoms with Crippen LogP contribution in [0.25, 0.3) is 0 Å². The molecular weight excluding hydrogens is 580 g/mol. The quantitative estimate of drug-likeness (QED) is 0.254. The molecule has 1 unspecified atom stereocenters. The number of benzene rings is 2. The first-order valence-corrected chi connectivity index (χ1v) is 14.1. The van der Waals surface area contributed by atoms with Crippen LogP contribution >= 0.6 is 0 Å². The van der Waals surface area contributed by atoms with Gasteiger partial charge >= 0.3 is 0 Å². The first kappa shape index (κ1) is 30.9. The second-order valence-corrected chi connectivity index (χ2v) is 10.9. The van der Waals surface area contributed by atoms with Gasteiger partial charge in [-0.2, -0.15) is 5.26 Å². The molecule has 0 bridgehead atoms. The van der Waals surface area contributed by atoms with E-state index in [1.54, 1.807) is 37.3 Å². The molecular formula is C31H30F4N6O3. The van der Waals surface area contributed by atoms with E-state index < -0.39 is 66.3 Å². The number of hydrogen-bond donors (Lipinski definition) is 2. The van der Waals surface area contributed by atoms with Crippen molar-refractivity contribution in [1.82, 2.24) is 15.5 Å². The highest BCUT2D eigenvalue weighted by Crippen LogP contribution is 2.38. The Morgan fingerprint density at radius 2 is 1.86 bits per heavy atom. The third kappa shape index (κ3) is 6.22. The SMILES string of the molecule is Cc1ccccc1[C@@H](C(=O)NC1CCC(F)(F)CC1)N(c1cccc(F)c1)N(O)C1CCC(=O)N1c1nccc(C#N)c1F. The van der Waals surface area contributed by atoms with Crippen LogP contribution in [0.2, 0.25) is 0 Å². The number of pyridine rings is 1. The van der Waals surface area contributed by atoms with Crippen LogP contribution in [0.1, 0.15) is 61.3 Å². The van der Waals surface area contributed by atoms with Crippen molar-refractivity contribution in [2.75, 3.05) is 9.91 Å². The summed E-state index contributed by atoms with van der Waals surface area (Å²) in [5.74, 6) is -6.33. The molecule has 1 aromatic heterocycles. The van der Waals surface area contributed by atoms with Crippen molar-refractivity contribution < 1.29 is 32.4 Å². The Kier molecular flexibility index (Phi) is 8.85. The monoisotopic (exact) mass is 610 g/mol. The fraction of sp³-hybridized carbons (Fsp3) is 0.355. The first-order valence-electron chi connectivity index (χ1n) is 14.1. The van der Waals surface area contributed by atoms with Gasteiger partial charge in [-0.15, -0.1) is 0 Å². The number of hydroxylamine groups is 1. The van der Waals surface area contributed by atoms with E-state index in [-0.39, 0.29) is 36.9 Å². The molecule has 5 rings (SSSR count). The van der Waals surface area contributed by atoms with Crippen LogP contribution in [0.5, 0.6) is 0 Å². The third-order valence-electron chi connectivity index (χ3n) is 8.00. The molecule has 2 heterocycles. The lowest BCUT2D eigenvalue weighted by Crippen LogP contribution is -2.58. The molecule has 1 aliphatic heterocycles. The zero-order valence-electron chi connectivity index (χ0n) is 23.8. The van der Waals surface area contributed by atoms with Gasteiger partial charge < -0.3 is 5.32 Å². The van der Waals surface area contributed by atoms with Crippen LogP contribution in [0, 0.1) is 29.9 Å². The topological polar surface area (TPSA) is 113 Å². The summed E-state index contributed by atoms with van der Waals surface area (Å²) in [7, 11) is 0. The van der Waals surface area contributed by atoms with Gasteiger partial charge in [-0.1, -0.05) is 35.5 Å². The molecule has 2 aliphatic rings.